The third-order valence-electron chi connectivity index (χ3n) is 4.01. The molecule has 1 N–H and O–H groups in total. The van der Waals surface area contributed by atoms with Crippen LogP contribution in [0.15, 0.2) is 65.1 Å². The van der Waals surface area contributed by atoms with Gasteiger partial charge in [-0.1, -0.05) is 75.4 Å². The van der Waals surface area contributed by atoms with Crippen molar-refractivity contribution in [1.29, 1.82) is 0 Å². The van der Waals surface area contributed by atoms with Crippen molar-refractivity contribution < 1.29 is 9.53 Å². The molecule has 0 spiro atoms. The summed E-state index contributed by atoms with van der Waals surface area (Å²) in [6.45, 7) is 6.68. The zero-order chi connectivity index (χ0) is 20.0. The Balaban J connectivity index is 1.52. The Morgan fingerprint density at radius 1 is 1.14 bits per heavy atom. The molecule has 5 nitrogen and oxygen atoms in total. The molecule has 28 heavy (non-hydrogen) atoms. The topological polar surface area (TPSA) is 63.6 Å². The van der Waals surface area contributed by atoms with Crippen LogP contribution in [-0.2, 0) is 16.8 Å². The van der Waals surface area contributed by atoms with Gasteiger partial charge in [0.2, 0.25) is 0 Å². The predicted octanol–water partition coefficient (Wildman–Crippen LogP) is 5.37. The van der Waals surface area contributed by atoms with Gasteiger partial charge in [-0.15, -0.1) is 11.3 Å². The van der Waals surface area contributed by atoms with Crippen LogP contribution in [0.1, 0.15) is 37.6 Å². The first-order chi connectivity index (χ1) is 13.4. The van der Waals surface area contributed by atoms with Gasteiger partial charge < -0.3 is 4.74 Å². The highest BCUT2D eigenvalue weighted by Crippen LogP contribution is 2.29. The fourth-order valence-corrected chi connectivity index (χ4v) is 3.43. The largest absolute Gasteiger partial charge is 0.443 e. The van der Waals surface area contributed by atoms with Crippen LogP contribution in [0.5, 0.6) is 0 Å². The Hall–Kier alpha value is -2.99. The molecular weight excluding hydrogens is 370 g/mol. The van der Waals surface area contributed by atoms with E-state index in [-0.39, 0.29) is 12.0 Å². The van der Waals surface area contributed by atoms with E-state index in [1.807, 2.05) is 54.6 Å². The van der Waals surface area contributed by atoms with Gasteiger partial charge in [-0.05, 0) is 11.1 Å². The maximum Gasteiger partial charge on any atom is 0.428 e. The van der Waals surface area contributed by atoms with E-state index in [4.69, 9.17) is 9.72 Å². The Bertz CT molecular complexity index is 942. The Kier molecular flexibility index (Phi) is 6.21. The molecule has 1 aromatic heterocycles. The predicted molar refractivity (Wildman–Crippen MR) is 114 cm³/mol. The molecule has 0 unspecified atom stereocenters. The van der Waals surface area contributed by atoms with Crippen LogP contribution in [0.4, 0.5) is 4.79 Å². The Morgan fingerprint density at radius 2 is 1.86 bits per heavy atom. The minimum absolute atomic E-state index is 0.0438. The minimum atomic E-state index is -0.589. The molecule has 3 rings (SSSR count). The molecule has 6 heteroatoms. The van der Waals surface area contributed by atoms with E-state index in [0.29, 0.717) is 0 Å². The molecule has 2 aromatic carbocycles. The van der Waals surface area contributed by atoms with Gasteiger partial charge in [0, 0.05) is 16.4 Å². The third kappa shape index (κ3) is 5.50. The number of carbonyl (C=O) groups excluding carboxylic acids is 1. The van der Waals surface area contributed by atoms with Crippen molar-refractivity contribution in [3.8, 4) is 10.6 Å². The molecular formula is C22H23N3O2S. The van der Waals surface area contributed by atoms with Crippen molar-refractivity contribution in [2.75, 3.05) is 0 Å². The molecule has 0 aliphatic heterocycles. The number of ether oxygens (including phenoxy) is 1. The summed E-state index contributed by atoms with van der Waals surface area (Å²) in [7, 11) is 0. The first kappa shape index (κ1) is 19.8. The Morgan fingerprint density at radius 3 is 2.50 bits per heavy atom. The Labute approximate surface area is 169 Å². The van der Waals surface area contributed by atoms with Crippen LogP contribution < -0.4 is 5.43 Å². The van der Waals surface area contributed by atoms with Gasteiger partial charge in [-0.3, -0.25) is 0 Å². The number of hydrazone groups is 1. The van der Waals surface area contributed by atoms with Crippen molar-refractivity contribution in [3.63, 3.8) is 0 Å². The molecule has 1 heterocycles. The second-order valence-electron chi connectivity index (χ2n) is 7.34. The summed E-state index contributed by atoms with van der Waals surface area (Å²) in [5.74, 6) is 0. The van der Waals surface area contributed by atoms with Crippen molar-refractivity contribution in [2.45, 2.75) is 32.8 Å². The zero-order valence-corrected chi connectivity index (χ0v) is 17.0. The van der Waals surface area contributed by atoms with E-state index in [0.717, 1.165) is 27.4 Å². The summed E-state index contributed by atoms with van der Waals surface area (Å²) in [6.07, 6.45) is 0.991. The molecule has 0 radical (unpaired) electrons. The van der Waals surface area contributed by atoms with Gasteiger partial charge in [0.1, 0.15) is 11.6 Å². The second kappa shape index (κ2) is 8.80. The molecule has 0 fully saturated rings. The van der Waals surface area contributed by atoms with Gasteiger partial charge in [0.25, 0.3) is 0 Å². The first-order valence-corrected chi connectivity index (χ1v) is 9.86. The number of hydrogen-bond donors (Lipinski definition) is 1. The van der Waals surface area contributed by atoms with E-state index in [2.05, 4.69) is 36.7 Å². The average molecular weight is 394 g/mol. The smallest absolute Gasteiger partial charge is 0.428 e. The monoisotopic (exact) mass is 393 g/mol. The molecule has 1 amide bonds. The van der Waals surface area contributed by atoms with E-state index in [1.165, 1.54) is 0 Å². The lowest BCUT2D eigenvalue weighted by atomic mass is 9.93. The van der Waals surface area contributed by atoms with Gasteiger partial charge in [0.05, 0.1) is 11.9 Å². The van der Waals surface area contributed by atoms with Crippen molar-refractivity contribution in [3.05, 3.63) is 76.8 Å². The number of thiazole rings is 1. The number of aromatic nitrogens is 1. The highest BCUT2D eigenvalue weighted by molar-refractivity contribution is 7.13. The van der Waals surface area contributed by atoms with Crippen LogP contribution in [0.2, 0.25) is 0 Å². The standard InChI is InChI=1S/C22H23N3O2S/c1-22(2,3)19-15-28-20(24-19)18-11-9-16(10-12-18)13-23-25-21(26)27-14-17-7-5-4-6-8-17/h4-13,15H,14H2,1-3H3,(H,25,26). The van der Waals surface area contributed by atoms with Crippen LogP contribution >= 0.6 is 11.3 Å². The molecule has 0 bridgehead atoms. The van der Waals surface area contributed by atoms with Gasteiger partial charge >= 0.3 is 6.09 Å². The van der Waals surface area contributed by atoms with E-state index in [1.54, 1.807) is 17.6 Å². The lowest BCUT2D eigenvalue weighted by molar-refractivity contribution is 0.140. The van der Waals surface area contributed by atoms with Crippen LogP contribution in [-0.4, -0.2) is 17.3 Å². The average Bonchev–Trinajstić information content (AvgIpc) is 3.18. The first-order valence-electron chi connectivity index (χ1n) is 8.98. The number of hydrogen-bond acceptors (Lipinski definition) is 5. The van der Waals surface area contributed by atoms with Gasteiger partial charge in [-0.2, -0.15) is 5.10 Å². The SMILES string of the molecule is CC(C)(C)c1csc(-c2ccc(C=NNC(=O)OCc3ccccc3)cc2)n1. The molecule has 0 aliphatic carbocycles. The maximum atomic E-state index is 11.7. The summed E-state index contributed by atoms with van der Waals surface area (Å²) in [5, 5.41) is 7.03. The third-order valence-corrected chi connectivity index (χ3v) is 4.90. The lowest BCUT2D eigenvalue weighted by Gasteiger charge is -2.14. The van der Waals surface area contributed by atoms with E-state index in [9.17, 15) is 4.79 Å². The number of nitrogens with one attached hydrogen (secondary N) is 1. The summed E-state index contributed by atoms with van der Waals surface area (Å²) in [4.78, 5) is 16.4. The van der Waals surface area contributed by atoms with Gasteiger partial charge in [0.15, 0.2) is 0 Å². The van der Waals surface area contributed by atoms with Crippen molar-refractivity contribution >= 4 is 23.6 Å². The van der Waals surface area contributed by atoms with Crippen LogP contribution in [0, 0.1) is 0 Å². The maximum absolute atomic E-state index is 11.7. The molecule has 0 atom stereocenters. The van der Waals surface area contributed by atoms with E-state index < -0.39 is 6.09 Å². The highest BCUT2D eigenvalue weighted by atomic mass is 32.1. The lowest BCUT2D eigenvalue weighted by Crippen LogP contribution is -2.18. The number of benzene rings is 2. The van der Waals surface area contributed by atoms with E-state index >= 15 is 0 Å². The highest BCUT2D eigenvalue weighted by Gasteiger charge is 2.17. The van der Waals surface area contributed by atoms with Crippen LogP contribution in [0.3, 0.4) is 0 Å². The van der Waals surface area contributed by atoms with Crippen molar-refractivity contribution in [1.82, 2.24) is 10.4 Å². The summed E-state index contributed by atoms with van der Waals surface area (Å²) in [5.41, 5.74) is 6.37. The molecule has 3 aromatic rings. The summed E-state index contributed by atoms with van der Waals surface area (Å²) in [6, 6.07) is 17.4. The number of rotatable bonds is 5. The number of carbonyl (C=O) groups is 1. The summed E-state index contributed by atoms with van der Waals surface area (Å²) >= 11 is 1.64. The molecule has 0 aliphatic rings. The minimum Gasteiger partial charge on any atom is -0.443 e. The number of amides is 1. The quantitative estimate of drug-likeness (QED) is 0.468. The molecule has 144 valence electrons. The molecule has 0 saturated carbocycles. The summed E-state index contributed by atoms with van der Waals surface area (Å²) < 4.78 is 5.10. The number of nitrogens with zero attached hydrogens (tertiary/aromatic N) is 2. The fraction of sp³-hybridized carbons (Fsp3) is 0.227. The van der Waals surface area contributed by atoms with Gasteiger partial charge in [-0.25, -0.2) is 15.2 Å². The normalized spacial score (nSPS) is 11.5. The zero-order valence-electron chi connectivity index (χ0n) is 16.2. The molecule has 0 saturated heterocycles. The van der Waals surface area contributed by atoms with Crippen molar-refractivity contribution in [2.24, 2.45) is 5.10 Å². The van der Waals surface area contributed by atoms with Crippen LogP contribution in [0.25, 0.3) is 10.6 Å². The fourth-order valence-electron chi connectivity index (χ4n) is 2.38. The second-order valence-corrected chi connectivity index (χ2v) is 8.20.